The van der Waals surface area contributed by atoms with E-state index in [1.807, 2.05) is 0 Å². The highest BCUT2D eigenvalue weighted by Gasteiger charge is 2.46. The van der Waals surface area contributed by atoms with Gasteiger partial charge in [-0.25, -0.2) is 4.79 Å². The van der Waals surface area contributed by atoms with Crippen LogP contribution in [0.2, 0.25) is 0 Å². The van der Waals surface area contributed by atoms with Crippen molar-refractivity contribution in [2.75, 3.05) is 0 Å². The number of fused-ring (bicyclic) bond motifs is 2. The number of rotatable bonds is 4. The van der Waals surface area contributed by atoms with E-state index in [1.54, 1.807) is 0 Å². The van der Waals surface area contributed by atoms with Gasteiger partial charge in [0, 0.05) is 13.1 Å². The van der Waals surface area contributed by atoms with Gasteiger partial charge in [0.25, 0.3) is 0 Å². The summed E-state index contributed by atoms with van der Waals surface area (Å²) in [5.74, 6) is -3.34. The van der Waals surface area contributed by atoms with Crippen molar-refractivity contribution in [2.45, 2.75) is 76.1 Å². The molecule has 2 atom stereocenters. The minimum absolute atomic E-state index is 0.0621. The number of urea groups is 1. The second kappa shape index (κ2) is 8.24. The summed E-state index contributed by atoms with van der Waals surface area (Å²) in [6, 6.07) is -0.675. The Hall–Kier alpha value is -2.87. The second-order valence-corrected chi connectivity index (χ2v) is 7.76. The molecule has 9 nitrogen and oxygen atoms in total. The first-order valence-corrected chi connectivity index (χ1v) is 10.0. The van der Waals surface area contributed by atoms with Crippen molar-refractivity contribution in [1.29, 1.82) is 0 Å². The van der Waals surface area contributed by atoms with E-state index in [2.05, 4.69) is 31.0 Å². The lowest BCUT2D eigenvalue weighted by Gasteiger charge is -2.25. The predicted molar refractivity (Wildman–Crippen MR) is 95.2 cm³/mol. The number of carbonyl (C=O) groups excluding carboxylic acids is 1. The summed E-state index contributed by atoms with van der Waals surface area (Å²) in [5.41, 5.74) is 0. The summed E-state index contributed by atoms with van der Waals surface area (Å²) in [6.45, 7) is 0.328. The molecule has 0 fully saturated rings. The maximum atomic E-state index is 13.2. The van der Waals surface area contributed by atoms with Crippen molar-refractivity contribution in [3.05, 3.63) is 23.3 Å². The second-order valence-electron chi connectivity index (χ2n) is 7.76. The molecule has 0 saturated carbocycles. The molecule has 176 valence electrons. The molecule has 0 saturated heterocycles. The Labute approximate surface area is 177 Å². The van der Waals surface area contributed by atoms with E-state index < -0.39 is 30.2 Å². The molecular weight excluding hydrogens is 446 g/mol. The highest BCUT2D eigenvalue weighted by atomic mass is 19.4. The van der Waals surface area contributed by atoms with Gasteiger partial charge >= 0.3 is 18.4 Å². The van der Waals surface area contributed by atoms with Crippen LogP contribution in [0.1, 0.15) is 60.8 Å². The van der Waals surface area contributed by atoms with Crippen LogP contribution in [0.4, 0.5) is 31.1 Å². The Morgan fingerprint density at radius 1 is 0.781 bits per heavy atom. The Morgan fingerprint density at radius 2 is 1.19 bits per heavy atom. The molecule has 32 heavy (non-hydrogen) atoms. The molecule has 2 amide bonds. The number of alkyl halides is 6. The molecule has 0 bridgehead atoms. The van der Waals surface area contributed by atoms with E-state index in [-0.39, 0.29) is 49.2 Å². The van der Waals surface area contributed by atoms with Gasteiger partial charge in [0.15, 0.2) is 11.6 Å². The third-order valence-corrected chi connectivity index (χ3v) is 5.69. The third kappa shape index (κ3) is 4.37. The van der Waals surface area contributed by atoms with E-state index in [4.69, 9.17) is 0 Å². The molecule has 2 aromatic rings. The van der Waals surface area contributed by atoms with Gasteiger partial charge in [-0.2, -0.15) is 26.3 Å². The van der Waals surface area contributed by atoms with Gasteiger partial charge in [0.2, 0.25) is 0 Å². The van der Waals surface area contributed by atoms with Crippen LogP contribution in [0.5, 0.6) is 0 Å². The normalized spacial score (nSPS) is 21.1. The number of hydrogen-bond donors (Lipinski definition) is 2. The number of amides is 2. The molecular formula is C17H20F6N8O. The Morgan fingerprint density at radius 3 is 1.56 bits per heavy atom. The lowest BCUT2D eigenvalue weighted by atomic mass is 9.98. The van der Waals surface area contributed by atoms with Gasteiger partial charge in [0.05, 0.1) is 13.1 Å². The average molecular weight is 466 g/mol. The number of hydrogen-bond acceptors (Lipinski definition) is 5. The quantitative estimate of drug-likeness (QED) is 0.675. The Balaban J connectivity index is 1.35. The molecule has 2 unspecified atom stereocenters. The molecule has 2 aliphatic rings. The largest absolute Gasteiger partial charge is 0.398 e. The van der Waals surface area contributed by atoms with Crippen molar-refractivity contribution in [3.63, 3.8) is 0 Å². The van der Waals surface area contributed by atoms with Crippen LogP contribution >= 0.6 is 0 Å². The highest BCUT2D eigenvalue weighted by Crippen LogP contribution is 2.41. The van der Waals surface area contributed by atoms with Crippen LogP contribution in [0, 0.1) is 0 Å². The molecule has 2 aliphatic heterocycles. The van der Waals surface area contributed by atoms with Gasteiger partial charge < -0.3 is 19.8 Å². The Bertz CT molecular complexity index is 905. The first kappa shape index (κ1) is 22.3. The summed E-state index contributed by atoms with van der Waals surface area (Å²) in [4.78, 5) is 12.1. The van der Waals surface area contributed by atoms with E-state index in [0.717, 1.165) is 0 Å². The highest BCUT2D eigenvalue weighted by molar-refractivity contribution is 5.73. The summed E-state index contributed by atoms with van der Waals surface area (Å²) >= 11 is 0. The van der Waals surface area contributed by atoms with Crippen molar-refractivity contribution in [3.8, 4) is 0 Å². The predicted octanol–water partition coefficient (Wildman–Crippen LogP) is 2.75. The topological polar surface area (TPSA) is 103 Å². The van der Waals surface area contributed by atoms with E-state index >= 15 is 0 Å². The smallest absolute Gasteiger partial charge is 0.331 e. The molecule has 0 aromatic carbocycles. The van der Waals surface area contributed by atoms with E-state index in [0.29, 0.717) is 25.9 Å². The SMILES string of the molecule is O=C(NCc1nnc2n1CCCC2C(F)(F)F)NCc1nnc2n1CCCC2C(F)(F)F. The average Bonchev–Trinajstić information content (AvgIpc) is 3.33. The molecule has 15 heteroatoms. The van der Waals surface area contributed by atoms with Gasteiger partial charge in [-0.1, -0.05) is 0 Å². The number of nitrogens with zero attached hydrogens (tertiary/aromatic N) is 6. The lowest BCUT2D eigenvalue weighted by molar-refractivity contribution is -0.157. The standard InChI is InChI=1S/C17H20F6N8O/c18-16(19,20)9-3-1-5-30-11(26-28-13(9)30)7-24-15(32)25-8-12-27-29-14-10(17(21,22)23)4-2-6-31(12)14/h9-10H,1-8H2,(H2,24,25,32). The van der Waals surface area contributed by atoms with Crippen molar-refractivity contribution < 1.29 is 31.1 Å². The summed E-state index contributed by atoms with van der Waals surface area (Å²) < 4.78 is 81.6. The van der Waals surface area contributed by atoms with Crippen LogP contribution in [-0.4, -0.2) is 47.9 Å². The van der Waals surface area contributed by atoms with E-state index in [9.17, 15) is 31.1 Å². The molecule has 2 aromatic heterocycles. The summed E-state index contributed by atoms with van der Waals surface area (Å²) in [7, 11) is 0. The number of aromatic nitrogens is 6. The third-order valence-electron chi connectivity index (χ3n) is 5.69. The number of halogens is 6. The summed E-state index contributed by atoms with van der Waals surface area (Å²) in [5, 5.41) is 19.8. The van der Waals surface area contributed by atoms with E-state index in [1.165, 1.54) is 9.13 Å². The molecule has 0 aliphatic carbocycles. The zero-order chi connectivity index (χ0) is 23.1. The molecule has 0 spiro atoms. The minimum atomic E-state index is -4.42. The van der Waals surface area contributed by atoms with Gasteiger partial charge in [-0.15, -0.1) is 20.4 Å². The fraction of sp³-hybridized carbons (Fsp3) is 0.706. The fourth-order valence-electron chi connectivity index (χ4n) is 4.13. The summed E-state index contributed by atoms with van der Waals surface area (Å²) in [6.07, 6.45) is -8.34. The van der Waals surface area contributed by atoms with Crippen LogP contribution in [0.15, 0.2) is 0 Å². The Kier molecular flexibility index (Phi) is 5.75. The zero-order valence-corrected chi connectivity index (χ0v) is 16.7. The maximum absolute atomic E-state index is 13.2. The monoisotopic (exact) mass is 466 g/mol. The van der Waals surface area contributed by atoms with Gasteiger partial charge in [0.1, 0.15) is 23.5 Å². The molecule has 2 N–H and O–H groups in total. The van der Waals surface area contributed by atoms with Crippen LogP contribution in [-0.2, 0) is 26.2 Å². The molecule has 4 rings (SSSR count). The lowest BCUT2D eigenvalue weighted by Crippen LogP contribution is -2.37. The number of nitrogens with one attached hydrogen (secondary N) is 2. The minimum Gasteiger partial charge on any atom is -0.331 e. The fourth-order valence-corrected chi connectivity index (χ4v) is 4.13. The molecule has 0 radical (unpaired) electrons. The first-order valence-electron chi connectivity index (χ1n) is 10.0. The van der Waals surface area contributed by atoms with Gasteiger partial charge in [-0.3, -0.25) is 0 Å². The maximum Gasteiger partial charge on any atom is 0.398 e. The van der Waals surface area contributed by atoms with Crippen molar-refractivity contribution in [1.82, 2.24) is 40.2 Å². The van der Waals surface area contributed by atoms with Crippen LogP contribution in [0.3, 0.4) is 0 Å². The number of carbonyl (C=O) groups is 1. The van der Waals surface area contributed by atoms with Crippen molar-refractivity contribution in [2.24, 2.45) is 0 Å². The first-order chi connectivity index (χ1) is 15.1. The van der Waals surface area contributed by atoms with Crippen LogP contribution in [0.25, 0.3) is 0 Å². The van der Waals surface area contributed by atoms with Crippen molar-refractivity contribution >= 4 is 6.03 Å². The van der Waals surface area contributed by atoms with Crippen LogP contribution < -0.4 is 10.6 Å². The molecule has 4 heterocycles. The van der Waals surface area contributed by atoms with Gasteiger partial charge in [-0.05, 0) is 25.7 Å². The zero-order valence-electron chi connectivity index (χ0n) is 16.7.